The van der Waals surface area contributed by atoms with E-state index in [4.69, 9.17) is 5.73 Å². The Morgan fingerprint density at radius 3 is 2.93 bits per heavy atom. The number of pyridine rings is 1. The van der Waals surface area contributed by atoms with Gasteiger partial charge in [-0.1, -0.05) is 17.4 Å². The van der Waals surface area contributed by atoms with Gasteiger partial charge in [0.1, 0.15) is 5.82 Å². The highest BCUT2D eigenvalue weighted by Crippen LogP contribution is 2.05. The van der Waals surface area contributed by atoms with Gasteiger partial charge in [-0.05, 0) is 19.1 Å². The summed E-state index contributed by atoms with van der Waals surface area (Å²) in [6.45, 7) is 2.39. The molecule has 0 bridgehead atoms. The summed E-state index contributed by atoms with van der Waals surface area (Å²) in [4.78, 5) is 15.6. The number of nitrogen functional groups attached to an aromatic ring is 1. The van der Waals surface area contributed by atoms with Gasteiger partial charge in [-0.25, -0.2) is 4.98 Å². The SMILES string of the molecule is Cc1csc(=O)n1Cc1cccc(N)n1. The van der Waals surface area contributed by atoms with E-state index in [-0.39, 0.29) is 4.87 Å². The molecular formula is C10H11N3OS. The maximum absolute atomic E-state index is 11.5. The molecule has 0 aliphatic heterocycles. The van der Waals surface area contributed by atoms with Crippen molar-refractivity contribution in [1.29, 1.82) is 0 Å². The molecule has 2 N–H and O–H groups in total. The number of rotatable bonds is 2. The molecule has 78 valence electrons. The van der Waals surface area contributed by atoms with E-state index in [0.29, 0.717) is 12.4 Å². The summed E-state index contributed by atoms with van der Waals surface area (Å²) in [5.74, 6) is 0.480. The first kappa shape index (κ1) is 9.92. The zero-order valence-electron chi connectivity index (χ0n) is 8.30. The largest absolute Gasteiger partial charge is 0.384 e. The van der Waals surface area contributed by atoms with Crippen LogP contribution in [0.1, 0.15) is 11.4 Å². The van der Waals surface area contributed by atoms with Crippen molar-refractivity contribution in [3.05, 3.63) is 44.6 Å². The van der Waals surface area contributed by atoms with E-state index < -0.39 is 0 Å². The minimum Gasteiger partial charge on any atom is -0.384 e. The van der Waals surface area contributed by atoms with Crippen LogP contribution in [0.2, 0.25) is 0 Å². The van der Waals surface area contributed by atoms with Gasteiger partial charge in [0.15, 0.2) is 0 Å². The lowest BCUT2D eigenvalue weighted by atomic mass is 10.3. The average Bonchev–Trinajstić information content (AvgIpc) is 2.50. The second-order valence-corrected chi connectivity index (χ2v) is 4.10. The summed E-state index contributed by atoms with van der Waals surface area (Å²) in [5, 5.41) is 1.84. The van der Waals surface area contributed by atoms with E-state index in [9.17, 15) is 4.79 Å². The molecule has 2 aromatic rings. The van der Waals surface area contributed by atoms with Crippen LogP contribution in [0.15, 0.2) is 28.4 Å². The van der Waals surface area contributed by atoms with Crippen molar-refractivity contribution in [2.45, 2.75) is 13.5 Å². The molecule has 0 aliphatic rings. The van der Waals surface area contributed by atoms with Crippen molar-refractivity contribution < 1.29 is 0 Å². The van der Waals surface area contributed by atoms with Crippen molar-refractivity contribution in [3.63, 3.8) is 0 Å². The Bertz CT molecular complexity index is 529. The highest BCUT2D eigenvalue weighted by atomic mass is 32.1. The monoisotopic (exact) mass is 221 g/mol. The molecule has 0 saturated carbocycles. The van der Waals surface area contributed by atoms with Crippen LogP contribution in [0.25, 0.3) is 0 Å². The highest BCUT2D eigenvalue weighted by molar-refractivity contribution is 7.07. The first-order chi connectivity index (χ1) is 7.16. The van der Waals surface area contributed by atoms with Crippen molar-refractivity contribution in [2.75, 3.05) is 5.73 Å². The van der Waals surface area contributed by atoms with Crippen molar-refractivity contribution in [3.8, 4) is 0 Å². The molecule has 2 rings (SSSR count). The fourth-order valence-electron chi connectivity index (χ4n) is 1.34. The number of hydrogen-bond donors (Lipinski definition) is 1. The molecule has 0 spiro atoms. The van der Waals surface area contributed by atoms with E-state index >= 15 is 0 Å². The van der Waals surface area contributed by atoms with Crippen molar-refractivity contribution in [2.24, 2.45) is 0 Å². The average molecular weight is 221 g/mol. The van der Waals surface area contributed by atoms with Crippen molar-refractivity contribution >= 4 is 17.2 Å². The number of anilines is 1. The molecule has 0 unspecified atom stereocenters. The topological polar surface area (TPSA) is 60.9 Å². The summed E-state index contributed by atoms with van der Waals surface area (Å²) < 4.78 is 1.69. The smallest absolute Gasteiger partial charge is 0.307 e. The predicted octanol–water partition coefficient (Wildman–Crippen LogP) is 1.24. The van der Waals surface area contributed by atoms with Crippen LogP contribution in [0, 0.1) is 6.92 Å². The van der Waals surface area contributed by atoms with Gasteiger partial charge in [-0.15, -0.1) is 0 Å². The molecule has 0 amide bonds. The number of aromatic nitrogens is 2. The molecule has 0 saturated heterocycles. The Morgan fingerprint density at radius 2 is 2.33 bits per heavy atom. The van der Waals surface area contributed by atoms with Gasteiger partial charge in [-0.3, -0.25) is 9.36 Å². The molecule has 2 heterocycles. The van der Waals surface area contributed by atoms with Gasteiger partial charge >= 0.3 is 4.87 Å². The van der Waals surface area contributed by atoms with Gasteiger partial charge in [-0.2, -0.15) is 0 Å². The number of hydrogen-bond acceptors (Lipinski definition) is 4. The zero-order valence-corrected chi connectivity index (χ0v) is 9.12. The number of aryl methyl sites for hydroxylation is 1. The summed E-state index contributed by atoms with van der Waals surface area (Å²) in [5.41, 5.74) is 7.33. The molecule has 15 heavy (non-hydrogen) atoms. The number of nitrogens with zero attached hydrogens (tertiary/aromatic N) is 2. The van der Waals surface area contributed by atoms with Gasteiger partial charge in [0.25, 0.3) is 0 Å². The van der Waals surface area contributed by atoms with E-state index in [1.165, 1.54) is 11.3 Å². The van der Waals surface area contributed by atoms with Gasteiger partial charge in [0.05, 0.1) is 12.2 Å². The van der Waals surface area contributed by atoms with Crippen LogP contribution >= 0.6 is 11.3 Å². The number of nitrogens with two attached hydrogens (primary N) is 1. The Balaban J connectivity index is 2.33. The molecule has 2 aromatic heterocycles. The van der Waals surface area contributed by atoms with Gasteiger partial charge in [0, 0.05) is 11.1 Å². The first-order valence-electron chi connectivity index (χ1n) is 4.53. The molecular weight excluding hydrogens is 210 g/mol. The second kappa shape index (κ2) is 3.86. The van der Waals surface area contributed by atoms with Crippen LogP contribution in [0.3, 0.4) is 0 Å². The standard InChI is InChI=1S/C10H11N3OS/c1-7-6-15-10(14)13(7)5-8-3-2-4-9(11)12-8/h2-4,6H,5H2,1H3,(H2,11,12). The van der Waals surface area contributed by atoms with E-state index in [0.717, 1.165) is 11.4 Å². The molecule has 0 aliphatic carbocycles. The van der Waals surface area contributed by atoms with Crippen LogP contribution in [0.5, 0.6) is 0 Å². The van der Waals surface area contributed by atoms with Gasteiger partial charge in [0.2, 0.25) is 0 Å². The van der Waals surface area contributed by atoms with E-state index in [1.54, 1.807) is 10.6 Å². The van der Waals surface area contributed by atoms with E-state index in [2.05, 4.69) is 4.98 Å². The second-order valence-electron chi connectivity index (χ2n) is 3.28. The minimum atomic E-state index is 0.0386. The van der Waals surface area contributed by atoms with Crippen LogP contribution in [-0.2, 0) is 6.54 Å². The molecule has 5 heteroatoms. The predicted molar refractivity (Wildman–Crippen MR) is 61.1 cm³/mol. The lowest BCUT2D eigenvalue weighted by Gasteiger charge is -2.04. The summed E-state index contributed by atoms with van der Waals surface area (Å²) in [6.07, 6.45) is 0. The lowest BCUT2D eigenvalue weighted by Crippen LogP contribution is -2.16. The third kappa shape index (κ3) is 2.07. The summed E-state index contributed by atoms with van der Waals surface area (Å²) >= 11 is 1.20. The maximum atomic E-state index is 11.5. The number of thiazole rings is 1. The summed E-state index contributed by atoms with van der Waals surface area (Å²) in [6, 6.07) is 5.43. The molecule has 0 aromatic carbocycles. The molecule has 4 nitrogen and oxygen atoms in total. The highest BCUT2D eigenvalue weighted by Gasteiger charge is 2.04. The van der Waals surface area contributed by atoms with Crippen LogP contribution in [-0.4, -0.2) is 9.55 Å². The fraction of sp³-hybridized carbons (Fsp3) is 0.200. The zero-order chi connectivity index (χ0) is 10.8. The molecule has 0 fully saturated rings. The summed E-state index contributed by atoms with van der Waals surface area (Å²) in [7, 11) is 0. The quantitative estimate of drug-likeness (QED) is 0.830. The Kier molecular flexibility index (Phi) is 2.55. The Hall–Kier alpha value is -1.62. The third-order valence-corrected chi connectivity index (χ3v) is 3.01. The lowest BCUT2D eigenvalue weighted by molar-refractivity contribution is 0.736. The molecule has 0 atom stereocenters. The molecule has 0 radical (unpaired) electrons. The third-order valence-electron chi connectivity index (χ3n) is 2.12. The van der Waals surface area contributed by atoms with Gasteiger partial charge < -0.3 is 5.73 Å². The Morgan fingerprint density at radius 1 is 1.53 bits per heavy atom. The minimum absolute atomic E-state index is 0.0386. The van der Waals surface area contributed by atoms with Crippen molar-refractivity contribution in [1.82, 2.24) is 9.55 Å². The first-order valence-corrected chi connectivity index (χ1v) is 5.41. The van der Waals surface area contributed by atoms with E-state index in [1.807, 2.05) is 24.4 Å². The normalized spacial score (nSPS) is 10.5. The Labute approximate surface area is 91.0 Å². The maximum Gasteiger partial charge on any atom is 0.307 e. The van der Waals surface area contributed by atoms with Crippen LogP contribution in [0.4, 0.5) is 5.82 Å². The van der Waals surface area contributed by atoms with Crippen LogP contribution < -0.4 is 10.6 Å². The fourth-order valence-corrected chi connectivity index (χ4v) is 2.08.